The number of ether oxygens (including phenoxy) is 1. The van der Waals surface area contributed by atoms with Gasteiger partial charge in [-0.05, 0) is 29.3 Å². The molecular weight excluding hydrogens is 391 g/mol. The lowest BCUT2D eigenvalue weighted by Gasteiger charge is -2.08. The number of nitrogen functional groups attached to an aromatic ring is 1. The molecule has 1 aliphatic heterocycles. The summed E-state index contributed by atoms with van der Waals surface area (Å²) < 4.78 is 42.5. The molecule has 0 radical (unpaired) electrons. The lowest BCUT2D eigenvalue weighted by Crippen LogP contribution is -2.07. The van der Waals surface area contributed by atoms with E-state index in [0.29, 0.717) is 41.4 Å². The van der Waals surface area contributed by atoms with Gasteiger partial charge in [-0.3, -0.25) is 9.79 Å². The van der Waals surface area contributed by atoms with Gasteiger partial charge in [-0.15, -0.1) is 11.3 Å². The van der Waals surface area contributed by atoms with Crippen molar-refractivity contribution in [2.45, 2.75) is 12.6 Å². The van der Waals surface area contributed by atoms with Gasteiger partial charge < -0.3 is 10.5 Å². The first-order chi connectivity index (χ1) is 13.4. The summed E-state index contributed by atoms with van der Waals surface area (Å²) >= 11 is 1.38. The number of hydrogen-bond donors (Lipinski definition) is 1. The van der Waals surface area contributed by atoms with Gasteiger partial charge in [-0.2, -0.15) is 13.2 Å². The Labute approximate surface area is 162 Å². The first-order valence-corrected chi connectivity index (χ1v) is 8.94. The summed E-state index contributed by atoms with van der Waals surface area (Å²) in [6.45, 7) is 0.356. The Hall–Kier alpha value is -3.20. The van der Waals surface area contributed by atoms with E-state index < -0.39 is 11.7 Å². The molecule has 2 heterocycles. The van der Waals surface area contributed by atoms with E-state index in [1.807, 2.05) is 12.1 Å². The molecule has 2 aromatic carbocycles. The van der Waals surface area contributed by atoms with Crippen LogP contribution in [0, 0.1) is 0 Å². The van der Waals surface area contributed by atoms with Gasteiger partial charge in [0, 0.05) is 6.42 Å². The van der Waals surface area contributed by atoms with Crippen LogP contribution in [0.5, 0.6) is 5.88 Å². The number of aromatic nitrogens is 1. The van der Waals surface area contributed by atoms with Crippen LogP contribution >= 0.6 is 11.3 Å². The smallest absolute Gasteiger partial charge is 0.409 e. The van der Waals surface area contributed by atoms with E-state index in [1.54, 1.807) is 23.0 Å². The lowest BCUT2D eigenvalue weighted by atomic mass is 10.0. The first-order valence-electron chi connectivity index (χ1n) is 7.99. The van der Waals surface area contributed by atoms with Gasteiger partial charge >= 0.3 is 6.18 Å². The highest BCUT2D eigenvalue weighted by molar-refractivity contribution is 7.07. The molecular formula is C19H14F3N3O2S. The number of rotatable bonds is 3. The van der Waals surface area contributed by atoms with Gasteiger partial charge in [0.2, 0.25) is 5.88 Å². The molecule has 1 aliphatic rings. The zero-order valence-corrected chi connectivity index (χ0v) is 15.1. The average molecular weight is 405 g/mol. The van der Waals surface area contributed by atoms with Crippen molar-refractivity contribution >= 4 is 34.9 Å². The van der Waals surface area contributed by atoms with Crippen LogP contribution < -0.4 is 10.5 Å². The summed E-state index contributed by atoms with van der Waals surface area (Å²) in [5.41, 5.74) is 10.0. The van der Waals surface area contributed by atoms with E-state index in [4.69, 9.17) is 5.73 Å². The predicted molar refractivity (Wildman–Crippen MR) is 101 cm³/mol. The molecule has 2 N–H and O–H groups in total. The Morgan fingerprint density at radius 1 is 1.18 bits per heavy atom. The van der Waals surface area contributed by atoms with Gasteiger partial charge in [-0.1, -0.05) is 24.3 Å². The molecule has 0 fully saturated rings. The number of para-hydroxylation sites is 1. The fourth-order valence-electron chi connectivity index (χ4n) is 2.60. The molecule has 28 heavy (non-hydrogen) atoms. The minimum Gasteiger partial charge on any atom is -0.409 e. The van der Waals surface area contributed by atoms with Crippen LogP contribution in [0.2, 0.25) is 0 Å². The van der Waals surface area contributed by atoms with E-state index in [9.17, 15) is 18.0 Å². The van der Waals surface area contributed by atoms with Crippen molar-refractivity contribution < 1.29 is 22.7 Å². The van der Waals surface area contributed by atoms with Crippen LogP contribution in [0.15, 0.2) is 58.3 Å². The maximum absolute atomic E-state index is 12.7. The van der Waals surface area contributed by atoms with E-state index in [0.717, 1.165) is 17.7 Å². The van der Waals surface area contributed by atoms with Gasteiger partial charge in [0.1, 0.15) is 0 Å². The minimum atomic E-state index is -4.35. The molecule has 3 aromatic rings. The van der Waals surface area contributed by atoms with Gasteiger partial charge in [0.15, 0.2) is 0 Å². The monoisotopic (exact) mass is 405 g/mol. The molecule has 0 bridgehead atoms. The molecule has 0 atom stereocenters. The van der Waals surface area contributed by atoms with E-state index >= 15 is 0 Å². The van der Waals surface area contributed by atoms with Crippen LogP contribution in [0.4, 0.5) is 24.5 Å². The van der Waals surface area contributed by atoms with Crippen molar-refractivity contribution in [3.8, 4) is 5.88 Å². The molecule has 0 saturated carbocycles. The number of thiazole rings is 1. The van der Waals surface area contributed by atoms with Crippen LogP contribution in [-0.2, 0) is 17.4 Å². The lowest BCUT2D eigenvalue weighted by molar-refractivity contribution is -0.137. The van der Waals surface area contributed by atoms with Crippen LogP contribution in [0.1, 0.15) is 16.7 Å². The number of aliphatic imine (C=N–C) groups is 1. The zero-order valence-electron chi connectivity index (χ0n) is 14.3. The summed E-state index contributed by atoms with van der Waals surface area (Å²) in [4.78, 5) is 17.7. The van der Waals surface area contributed by atoms with Crippen molar-refractivity contribution in [1.29, 1.82) is 0 Å². The van der Waals surface area contributed by atoms with Crippen molar-refractivity contribution in [2.24, 2.45) is 4.99 Å². The summed E-state index contributed by atoms with van der Waals surface area (Å²) in [6.07, 6.45) is -3.84. The number of fused-ring (bicyclic) bond motifs is 1. The van der Waals surface area contributed by atoms with Crippen molar-refractivity contribution in [1.82, 2.24) is 4.98 Å². The number of halogens is 3. The normalized spacial score (nSPS) is 12.5. The number of carbonyl (C=O) groups excluding carboxylic acids is 1. The Kier molecular flexibility index (Phi) is 5.74. The quantitative estimate of drug-likeness (QED) is 0.509. The number of nitrogens with two attached hydrogens (primary N) is 1. The third-order valence-corrected chi connectivity index (χ3v) is 4.42. The minimum absolute atomic E-state index is 0.356. The largest absolute Gasteiger partial charge is 0.416 e. The first kappa shape index (κ1) is 19.6. The standard InChI is InChI=1S/C15H11F3N2.C4H3NO2S/c16-15(17,18)11-5-1-3-9(7-11)13-8-10-4-2-6-12(19)14(10)20-13;6-3-7-4-1-8-2-5-4/h1-7H,8,19H2;1-3H. The number of alkyl halides is 3. The number of anilines is 1. The predicted octanol–water partition coefficient (Wildman–Crippen LogP) is 4.64. The van der Waals surface area contributed by atoms with E-state index in [1.165, 1.54) is 17.4 Å². The molecule has 9 heteroatoms. The maximum Gasteiger partial charge on any atom is 0.416 e. The molecule has 0 amide bonds. The van der Waals surface area contributed by atoms with E-state index in [-0.39, 0.29) is 0 Å². The fraction of sp³-hybridized carbons (Fsp3) is 0.105. The second-order valence-corrected chi connectivity index (χ2v) is 6.43. The Balaban J connectivity index is 0.000000236. The number of hydrogen-bond acceptors (Lipinski definition) is 6. The molecule has 144 valence electrons. The molecule has 0 unspecified atom stereocenters. The Morgan fingerprint density at radius 3 is 2.61 bits per heavy atom. The highest BCUT2D eigenvalue weighted by Crippen LogP contribution is 2.35. The molecule has 0 spiro atoms. The van der Waals surface area contributed by atoms with Crippen LogP contribution in [0.3, 0.4) is 0 Å². The number of nitrogens with zero attached hydrogens (tertiary/aromatic N) is 2. The fourth-order valence-corrected chi connectivity index (χ4v) is 3.05. The molecule has 4 rings (SSSR count). The summed E-state index contributed by atoms with van der Waals surface area (Å²) in [7, 11) is 0. The van der Waals surface area contributed by atoms with Crippen molar-refractivity contribution in [2.75, 3.05) is 5.73 Å². The van der Waals surface area contributed by atoms with Crippen molar-refractivity contribution in [3.63, 3.8) is 0 Å². The SMILES string of the molecule is Nc1cccc2c1N=C(c1cccc(C(F)(F)F)c1)C2.O=COc1cscn1. The highest BCUT2D eigenvalue weighted by Gasteiger charge is 2.31. The third-order valence-electron chi connectivity index (χ3n) is 3.86. The van der Waals surface area contributed by atoms with Crippen molar-refractivity contribution in [3.05, 3.63) is 70.0 Å². The zero-order chi connectivity index (χ0) is 20.1. The number of carbonyl (C=O) groups is 1. The average Bonchev–Trinajstić information content (AvgIpc) is 3.32. The van der Waals surface area contributed by atoms with E-state index in [2.05, 4.69) is 14.7 Å². The second kappa shape index (κ2) is 8.22. The van der Waals surface area contributed by atoms with Crippen LogP contribution in [0.25, 0.3) is 0 Å². The topological polar surface area (TPSA) is 77.6 Å². The summed E-state index contributed by atoms with van der Waals surface area (Å²) in [5.74, 6) is 0.366. The molecule has 5 nitrogen and oxygen atoms in total. The maximum atomic E-state index is 12.7. The third kappa shape index (κ3) is 4.55. The molecule has 0 saturated heterocycles. The van der Waals surface area contributed by atoms with Gasteiger partial charge in [-0.25, -0.2) is 4.98 Å². The Bertz CT molecular complexity index is 1000. The summed E-state index contributed by atoms with van der Waals surface area (Å²) in [6, 6.07) is 10.6. The van der Waals surface area contributed by atoms with Gasteiger partial charge in [0.05, 0.1) is 33.5 Å². The van der Waals surface area contributed by atoms with Gasteiger partial charge in [0.25, 0.3) is 6.47 Å². The number of benzene rings is 2. The second-order valence-electron chi connectivity index (χ2n) is 5.71. The Morgan fingerprint density at radius 2 is 1.96 bits per heavy atom. The van der Waals surface area contributed by atoms with Crippen LogP contribution in [-0.4, -0.2) is 17.2 Å². The molecule has 0 aliphatic carbocycles. The summed E-state index contributed by atoms with van der Waals surface area (Å²) in [5, 5.41) is 1.65. The molecule has 1 aromatic heterocycles. The highest BCUT2D eigenvalue weighted by atomic mass is 32.1.